The van der Waals surface area contributed by atoms with Gasteiger partial charge in [-0.15, -0.1) is 0 Å². The molecule has 0 aliphatic heterocycles. The largest absolute Gasteiger partial charge is 0.459 e. The molecule has 3 rings (SSSR count). The average Bonchev–Trinajstić information content (AvgIpc) is 3.24. The number of furan rings is 1. The Bertz CT molecular complexity index is 835. The van der Waals surface area contributed by atoms with Crippen LogP contribution in [0.15, 0.2) is 51.5 Å². The smallest absolute Gasteiger partial charge is 0.263 e. The van der Waals surface area contributed by atoms with Crippen LogP contribution >= 0.6 is 0 Å². The van der Waals surface area contributed by atoms with Crippen molar-refractivity contribution < 1.29 is 18.7 Å². The van der Waals surface area contributed by atoms with Crippen molar-refractivity contribution >= 4 is 5.91 Å². The molecule has 0 fully saturated rings. The molecule has 25 heavy (non-hydrogen) atoms. The Morgan fingerprint density at radius 1 is 1.24 bits per heavy atom. The maximum absolute atomic E-state index is 12.1. The number of aliphatic hydroxyl groups is 1. The third kappa shape index (κ3) is 4.16. The van der Waals surface area contributed by atoms with Crippen molar-refractivity contribution in [1.82, 2.24) is 10.3 Å². The number of amides is 1. The molecule has 0 spiro atoms. The minimum absolute atomic E-state index is 0.0800. The fraction of sp³-hybridized carbons (Fsp3) is 0.263. The van der Waals surface area contributed by atoms with Crippen LogP contribution in [0.4, 0.5) is 0 Å². The summed E-state index contributed by atoms with van der Waals surface area (Å²) >= 11 is 0. The van der Waals surface area contributed by atoms with Crippen LogP contribution < -0.4 is 5.32 Å². The second-order valence-electron chi connectivity index (χ2n) is 5.91. The standard InChI is InChI=1S/C19H20N2O4/c1-12-5-7-14(8-6-12)16(22)11-20-18(23)10-15-13(2)25-19(21-15)17-4-3-9-24-17/h3-9,16,22H,10-11H2,1-2H3,(H,20,23). The van der Waals surface area contributed by atoms with Gasteiger partial charge < -0.3 is 19.3 Å². The Labute approximate surface area is 145 Å². The quantitative estimate of drug-likeness (QED) is 0.720. The Balaban J connectivity index is 1.57. The van der Waals surface area contributed by atoms with Gasteiger partial charge in [-0.2, -0.15) is 0 Å². The Hall–Kier alpha value is -2.86. The number of hydrogen-bond acceptors (Lipinski definition) is 5. The fourth-order valence-corrected chi connectivity index (χ4v) is 2.43. The lowest BCUT2D eigenvalue weighted by Crippen LogP contribution is -2.29. The molecule has 6 heteroatoms. The van der Waals surface area contributed by atoms with Crippen molar-refractivity contribution in [1.29, 1.82) is 0 Å². The summed E-state index contributed by atoms with van der Waals surface area (Å²) in [6, 6.07) is 11.0. The normalized spacial score (nSPS) is 12.1. The lowest BCUT2D eigenvalue weighted by atomic mass is 10.1. The molecule has 0 saturated carbocycles. The number of oxazole rings is 1. The van der Waals surface area contributed by atoms with Gasteiger partial charge in [-0.25, -0.2) is 4.98 Å². The van der Waals surface area contributed by atoms with E-state index in [-0.39, 0.29) is 18.9 Å². The van der Waals surface area contributed by atoms with E-state index < -0.39 is 6.10 Å². The van der Waals surface area contributed by atoms with Gasteiger partial charge >= 0.3 is 0 Å². The number of aryl methyl sites for hydroxylation is 2. The number of aromatic nitrogens is 1. The van der Waals surface area contributed by atoms with E-state index in [1.54, 1.807) is 19.1 Å². The van der Waals surface area contributed by atoms with E-state index in [2.05, 4.69) is 10.3 Å². The molecular formula is C19H20N2O4. The number of rotatable bonds is 6. The number of carbonyl (C=O) groups is 1. The maximum Gasteiger partial charge on any atom is 0.263 e. The first-order valence-corrected chi connectivity index (χ1v) is 8.04. The van der Waals surface area contributed by atoms with Gasteiger partial charge in [-0.05, 0) is 31.5 Å². The third-order valence-electron chi connectivity index (χ3n) is 3.91. The third-order valence-corrected chi connectivity index (χ3v) is 3.91. The second kappa shape index (κ2) is 7.36. The predicted octanol–water partition coefficient (Wildman–Crippen LogP) is 2.94. The fourth-order valence-electron chi connectivity index (χ4n) is 2.43. The van der Waals surface area contributed by atoms with Crippen molar-refractivity contribution in [3.63, 3.8) is 0 Å². The molecule has 0 aliphatic rings. The second-order valence-corrected chi connectivity index (χ2v) is 5.91. The SMILES string of the molecule is Cc1ccc(C(O)CNC(=O)Cc2nc(-c3ccco3)oc2C)cc1. The summed E-state index contributed by atoms with van der Waals surface area (Å²) in [6.45, 7) is 3.88. The molecule has 130 valence electrons. The number of aliphatic hydroxyl groups excluding tert-OH is 1. The summed E-state index contributed by atoms with van der Waals surface area (Å²) < 4.78 is 10.8. The first-order valence-electron chi connectivity index (χ1n) is 8.04. The first kappa shape index (κ1) is 17.0. The van der Waals surface area contributed by atoms with Gasteiger partial charge in [0, 0.05) is 6.54 Å². The van der Waals surface area contributed by atoms with E-state index in [0.717, 1.165) is 11.1 Å². The van der Waals surface area contributed by atoms with Crippen LogP contribution in [0.1, 0.15) is 28.7 Å². The van der Waals surface area contributed by atoms with Gasteiger partial charge in [0.05, 0.1) is 24.5 Å². The molecule has 6 nitrogen and oxygen atoms in total. The molecule has 1 aromatic carbocycles. The zero-order chi connectivity index (χ0) is 17.8. The molecule has 1 unspecified atom stereocenters. The van der Waals surface area contributed by atoms with Crippen LogP contribution in [-0.2, 0) is 11.2 Å². The molecule has 3 aromatic rings. The van der Waals surface area contributed by atoms with Crippen molar-refractivity contribution in [2.45, 2.75) is 26.4 Å². The highest BCUT2D eigenvalue weighted by atomic mass is 16.4. The summed E-state index contributed by atoms with van der Waals surface area (Å²) in [7, 11) is 0. The summed E-state index contributed by atoms with van der Waals surface area (Å²) in [5, 5.41) is 12.9. The van der Waals surface area contributed by atoms with E-state index in [0.29, 0.717) is 23.1 Å². The van der Waals surface area contributed by atoms with Crippen LogP contribution in [0, 0.1) is 13.8 Å². The summed E-state index contributed by atoms with van der Waals surface area (Å²) in [5.41, 5.74) is 2.44. The highest BCUT2D eigenvalue weighted by Crippen LogP contribution is 2.22. The van der Waals surface area contributed by atoms with E-state index in [9.17, 15) is 9.90 Å². The lowest BCUT2D eigenvalue weighted by molar-refractivity contribution is -0.121. The van der Waals surface area contributed by atoms with Crippen LogP contribution in [0.5, 0.6) is 0 Å². The molecule has 0 saturated heterocycles. The highest BCUT2D eigenvalue weighted by Gasteiger charge is 2.17. The Morgan fingerprint density at radius 2 is 2.00 bits per heavy atom. The van der Waals surface area contributed by atoms with E-state index >= 15 is 0 Å². The van der Waals surface area contributed by atoms with Crippen molar-refractivity contribution in [2.75, 3.05) is 6.54 Å². The zero-order valence-electron chi connectivity index (χ0n) is 14.2. The van der Waals surface area contributed by atoms with Crippen molar-refractivity contribution in [2.24, 2.45) is 0 Å². The molecule has 0 radical (unpaired) electrons. The summed E-state index contributed by atoms with van der Waals surface area (Å²) in [5.74, 6) is 1.21. The highest BCUT2D eigenvalue weighted by molar-refractivity contribution is 5.78. The minimum Gasteiger partial charge on any atom is -0.459 e. The molecule has 0 bridgehead atoms. The van der Waals surface area contributed by atoms with Gasteiger partial charge in [0.1, 0.15) is 5.76 Å². The predicted molar refractivity (Wildman–Crippen MR) is 91.8 cm³/mol. The molecule has 2 N–H and O–H groups in total. The van der Waals surface area contributed by atoms with E-state index in [1.807, 2.05) is 31.2 Å². The Kier molecular flexibility index (Phi) is 5.00. The molecule has 2 heterocycles. The number of nitrogens with one attached hydrogen (secondary N) is 1. The van der Waals surface area contributed by atoms with Gasteiger partial charge in [-0.3, -0.25) is 4.79 Å². The topological polar surface area (TPSA) is 88.5 Å². The first-order chi connectivity index (χ1) is 12.0. The number of nitrogens with zero attached hydrogens (tertiary/aromatic N) is 1. The number of benzene rings is 1. The van der Waals surface area contributed by atoms with Crippen LogP contribution in [-0.4, -0.2) is 22.5 Å². The number of carbonyl (C=O) groups excluding carboxylic acids is 1. The van der Waals surface area contributed by atoms with Gasteiger partial charge in [0.15, 0.2) is 5.76 Å². The Morgan fingerprint density at radius 3 is 2.68 bits per heavy atom. The summed E-state index contributed by atoms with van der Waals surface area (Å²) in [6.07, 6.45) is 0.867. The number of hydrogen-bond donors (Lipinski definition) is 2. The summed E-state index contributed by atoms with van der Waals surface area (Å²) in [4.78, 5) is 16.4. The molecule has 2 aromatic heterocycles. The van der Waals surface area contributed by atoms with Crippen LogP contribution in [0.25, 0.3) is 11.7 Å². The molecule has 1 atom stereocenters. The van der Waals surface area contributed by atoms with Crippen molar-refractivity contribution in [3.05, 3.63) is 65.2 Å². The molecular weight excluding hydrogens is 320 g/mol. The van der Waals surface area contributed by atoms with Crippen molar-refractivity contribution in [3.8, 4) is 11.7 Å². The lowest BCUT2D eigenvalue weighted by Gasteiger charge is -2.12. The van der Waals surface area contributed by atoms with Gasteiger partial charge in [0.25, 0.3) is 5.89 Å². The van der Waals surface area contributed by atoms with Crippen LogP contribution in [0.2, 0.25) is 0 Å². The molecule has 1 amide bonds. The van der Waals surface area contributed by atoms with E-state index in [4.69, 9.17) is 8.83 Å². The van der Waals surface area contributed by atoms with Gasteiger partial charge in [0.2, 0.25) is 5.91 Å². The van der Waals surface area contributed by atoms with E-state index in [1.165, 1.54) is 6.26 Å². The monoisotopic (exact) mass is 340 g/mol. The molecule has 0 aliphatic carbocycles. The van der Waals surface area contributed by atoms with Gasteiger partial charge in [-0.1, -0.05) is 29.8 Å². The maximum atomic E-state index is 12.1. The minimum atomic E-state index is -0.748. The average molecular weight is 340 g/mol. The van der Waals surface area contributed by atoms with Crippen LogP contribution in [0.3, 0.4) is 0 Å². The zero-order valence-corrected chi connectivity index (χ0v) is 14.2.